The van der Waals surface area contributed by atoms with Gasteiger partial charge in [0.05, 0.1) is 6.54 Å². The summed E-state index contributed by atoms with van der Waals surface area (Å²) in [7, 11) is 0. The molecule has 0 fully saturated rings. The van der Waals surface area contributed by atoms with Crippen molar-refractivity contribution in [3.05, 3.63) is 71.2 Å². The van der Waals surface area contributed by atoms with Crippen molar-refractivity contribution < 1.29 is 0 Å². The quantitative estimate of drug-likeness (QED) is 0.745. The summed E-state index contributed by atoms with van der Waals surface area (Å²) in [5.74, 6) is 0. The van der Waals surface area contributed by atoms with Crippen LogP contribution >= 0.6 is 11.3 Å². The standard InChI is InChI=1S/C15H14N2S/c1-2-6-13(7-3-1)14-10-15(18-12-14)11-16-17-8-4-5-9-17/h1-10,12,16H,11H2. The van der Waals surface area contributed by atoms with Gasteiger partial charge in [0.2, 0.25) is 0 Å². The maximum atomic E-state index is 3.33. The van der Waals surface area contributed by atoms with Crippen molar-refractivity contribution in [1.82, 2.24) is 4.68 Å². The van der Waals surface area contributed by atoms with Crippen molar-refractivity contribution in [2.45, 2.75) is 6.54 Å². The molecule has 1 aromatic carbocycles. The Hall–Kier alpha value is -2.00. The first-order chi connectivity index (χ1) is 8.92. The molecule has 0 spiro atoms. The van der Waals surface area contributed by atoms with Crippen LogP contribution in [0.15, 0.2) is 66.3 Å². The van der Waals surface area contributed by atoms with Crippen LogP contribution in [-0.2, 0) is 6.54 Å². The molecule has 2 nitrogen and oxygen atoms in total. The second kappa shape index (κ2) is 5.10. The fourth-order valence-electron chi connectivity index (χ4n) is 1.86. The highest BCUT2D eigenvalue weighted by molar-refractivity contribution is 7.10. The SMILES string of the molecule is c1ccc(-c2csc(CNn3cccc3)c2)cc1. The van der Waals surface area contributed by atoms with Gasteiger partial charge >= 0.3 is 0 Å². The highest BCUT2D eigenvalue weighted by atomic mass is 32.1. The van der Waals surface area contributed by atoms with Crippen LogP contribution in [0.2, 0.25) is 0 Å². The van der Waals surface area contributed by atoms with Crippen LogP contribution in [0.3, 0.4) is 0 Å². The molecule has 0 bridgehead atoms. The molecule has 3 aromatic rings. The van der Waals surface area contributed by atoms with Crippen LogP contribution in [0, 0.1) is 0 Å². The summed E-state index contributed by atoms with van der Waals surface area (Å²) in [5.41, 5.74) is 5.91. The van der Waals surface area contributed by atoms with Gasteiger partial charge in [0.15, 0.2) is 0 Å². The molecule has 0 unspecified atom stereocenters. The van der Waals surface area contributed by atoms with Gasteiger partial charge in [0.25, 0.3) is 0 Å². The predicted molar refractivity (Wildman–Crippen MR) is 77.3 cm³/mol. The van der Waals surface area contributed by atoms with E-state index < -0.39 is 0 Å². The smallest absolute Gasteiger partial charge is 0.0657 e. The van der Waals surface area contributed by atoms with E-state index >= 15 is 0 Å². The molecule has 0 saturated carbocycles. The van der Waals surface area contributed by atoms with Crippen molar-refractivity contribution >= 4 is 11.3 Å². The summed E-state index contributed by atoms with van der Waals surface area (Å²) >= 11 is 1.79. The van der Waals surface area contributed by atoms with E-state index in [1.807, 2.05) is 35.3 Å². The zero-order valence-electron chi connectivity index (χ0n) is 9.91. The van der Waals surface area contributed by atoms with Gasteiger partial charge in [0, 0.05) is 17.3 Å². The minimum absolute atomic E-state index is 0.853. The van der Waals surface area contributed by atoms with Gasteiger partial charge in [-0.15, -0.1) is 11.3 Å². The van der Waals surface area contributed by atoms with Crippen LogP contribution in [-0.4, -0.2) is 4.68 Å². The van der Waals surface area contributed by atoms with Gasteiger partial charge in [-0.25, -0.2) is 0 Å². The van der Waals surface area contributed by atoms with Crippen molar-refractivity contribution in [1.29, 1.82) is 0 Å². The van der Waals surface area contributed by atoms with Crippen LogP contribution in [0.5, 0.6) is 0 Å². The van der Waals surface area contributed by atoms with E-state index in [4.69, 9.17) is 0 Å². The lowest BCUT2D eigenvalue weighted by atomic mass is 10.1. The molecule has 3 rings (SSSR count). The maximum absolute atomic E-state index is 3.33. The molecule has 0 aliphatic carbocycles. The minimum Gasteiger partial charge on any atom is -0.321 e. The van der Waals surface area contributed by atoms with Crippen LogP contribution < -0.4 is 5.43 Å². The zero-order chi connectivity index (χ0) is 12.2. The molecule has 0 atom stereocenters. The molecule has 0 saturated heterocycles. The third-order valence-electron chi connectivity index (χ3n) is 2.80. The summed E-state index contributed by atoms with van der Waals surface area (Å²) in [6.07, 6.45) is 4.01. The molecule has 18 heavy (non-hydrogen) atoms. The van der Waals surface area contributed by atoms with E-state index in [-0.39, 0.29) is 0 Å². The number of aromatic nitrogens is 1. The summed E-state index contributed by atoms with van der Waals surface area (Å²) in [6, 6.07) is 16.8. The van der Waals surface area contributed by atoms with E-state index in [0.717, 1.165) is 6.54 Å². The number of rotatable bonds is 4. The first-order valence-electron chi connectivity index (χ1n) is 5.91. The van der Waals surface area contributed by atoms with E-state index in [1.165, 1.54) is 16.0 Å². The minimum atomic E-state index is 0.853. The van der Waals surface area contributed by atoms with E-state index in [1.54, 1.807) is 11.3 Å². The molecule has 0 aliphatic heterocycles. The highest BCUT2D eigenvalue weighted by Crippen LogP contribution is 2.25. The number of hydrogen-bond acceptors (Lipinski definition) is 2. The Kier molecular flexibility index (Phi) is 3.15. The van der Waals surface area contributed by atoms with Gasteiger partial charge in [-0.1, -0.05) is 30.3 Å². The lowest BCUT2D eigenvalue weighted by molar-refractivity contribution is 0.855. The van der Waals surface area contributed by atoms with E-state index in [9.17, 15) is 0 Å². The Morgan fingerprint density at radius 1 is 0.944 bits per heavy atom. The maximum Gasteiger partial charge on any atom is 0.0657 e. The van der Waals surface area contributed by atoms with Gasteiger partial charge in [0.1, 0.15) is 0 Å². The zero-order valence-corrected chi connectivity index (χ0v) is 10.7. The molecule has 0 aliphatic rings. The molecular formula is C15H14N2S. The van der Waals surface area contributed by atoms with Gasteiger partial charge < -0.3 is 5.43 Å². The molecule has 2 heterocycles. The number of nitrogens with one attached hydrogen (secondary N) is 1. The fourth-order valence-corrected chi connectivity index (χ4v) is 2.69. The average molecular weight is 254 g/mol. The summed E-state index contributed by atoms with van der Waals surface area (Å²) in [5, 5.41) is 2.21. The average Bonchev–Trinajstić information content (AvgIpc) is 3.09. The normalized spacial score (nSPS) is 10.4. The largest absolute Gasteiger partial charge is 0.321 e. The number of thiophene rings is 1. The van der Waals surface area contributed by atoms with Crippen LogP contribution in [0.4, 0.5) is 0 Å². The lowest BCUT2D eigenvalue weighted by Gasteiger charge is -2.04. The molecule has 0 amide bonds. The van der Waals surface area contributed by atoms with Crippen molar-refractivity contribution in [3.63, 3.8) is 0 Å². The molecule has 90 valence electrons. The Morgan fingerprint density at radius 2 is 1.72 bits per heavy atom. The fraction of sp³-hybridized carbons (Fsp3) is 0.0667. The van der Waals surface area contributed by atoms with Gasteiger partial charge in [-0.05, 0) is 34.7 Å². The third kappa shape index (κ3) is 2.46. The predicted octanol–water partition coefficient (Wildman–Crippen LogP) is 3.96. The van der Waals surface area contributed by atoms with Crippen molar-refractivity contribution in [2.24, 2.45) is 0 Å². The Morgan fingerprint density at radius 3 is 2.50 bits per heavy atom. The second-order valence-electron chi connectivity index (χ2n) is 4.09. The molecule has 2 aromatic heterocycles. The van der Waals surface area contributed by atoms with Crippen LogP contribution in [0.1, 0.15) is 4.88 Å². The summed E-state index contributed by atoms with van der Waals surface area (Å²) < 4.78 is 1.97. The lowest BCUT2D eigenvalue weighted by Crippen LogP contribution is -2.10. The van der Waals surface area contributed by atoms with E-state index in [0.29, 0.717) is 0 Å². The van der Waals surface area contributed by atoms with Crippen LogP contribution in [0.25, 0.3) is 11.1 Å². The second-order valence-corrected chi connectivity index (χ2v) is 5.09. The van der Waals surface area contributed by atoms with E-state index in [2.05, 4.69) is 41.1 Å². The summed E-state index contributed by atoms with van der Waals surface area (Å²) in [4.78, 5) is 1.34. The third-order valence-corrected chi connectivity index (χ3v) is 3.74. The Balaban J connectivity index is 1.70. The monoisotopic (exact) mass is 254 g/mol. The molecule has 0 radical (unpaired) electrons. The van der Waals surface area contributed by atoms with Crippen molar-refractivity contribution in [3.8, 4) is 11.1 Å². The van der Waals surface area contributed by atoms with Gasteiger partial charge in [-0.3, -0.25) is 4.68 Å². The Bertz CT molecular complexity index is 596. The molecule has 3 heteroatoms. The first kappa shape index (κ1) is 11.1. The van der Waals surface area contributed by atoms with Gasteiger partial charge in [-0.2, -0.15) is 0 Å². The van der Waals surface area contributed by atoms with Crippen molar-refractivity contribution in [2.75, 3.05) is 5.43 Å². The number of nitrogens with zero attached hydrogens (tertiary/aromatic N) is 1. The molecule has 1 N–H and O–H groups in total. The molecular weight excluding hydrogens is 240 g/mol. The number of benzene rings is 1. The first-order valence-corrected chi connectivity index (χ1v) is 6.79. The topological polar surface area (TPSA) is 17.0 Å². The number of hydrogen-bond donors (Lipinski definition) is 1. The highest BCUT2D eigenvalue weighted by Gasteiger charge is 2.01. The Labute approximate surface area is 110 Å². The summed E-state index contributed by atoms with van der Waals surface area (Å²) in [6.45, 7) is 0.853.